The molecule has 19 heavy (non-hydrogen) atoms. The second kappa shape index (κ2) is 6.92. The van der Waals surface area contributed by atoms with Gasteiger partial charge in [0.1, 0.15) is 5.76 Å². The molecule has 0 saturated carbocycles. The first-order chi connectivity index (χ1) is 8.88. The Bertz CT molecular complexity index is 440. The summed E-state index contributed by atoms with van der Waals surface area (Å²) in [5, 5.41) is 15.4. The molecule has 1 aromatic rings. The third kappa shape index (κ3) is 5.54. The van der Waals surface area contributed by atoms with E-state index >= 15 is 0 Å². The van der Waals surface area contributed by atoms with Crippen molar-refractivity contribution in [2.24, 2.45) is 11.8 Å². The molecular formula is C13H20N2O4. The summed E-state index contributed by atoms with van der Waals surface area (Å²) >= 11 is 0. The number of carbonyl (C=O) groups excluding carboxylic acids is 1. The van der Waals surface area contributed by atoms with E-state index in [1.165, 1.54) is 0 Å². The van der Waals surface area contributed by atoms with Crippen LogP contribution in [-0.2, 0) is 16.0 Å². The first kappa shape index (κ1) is 15.2. The maximum atomic E-state index is 11.6. The summed E-state index contributed by atoms with van der Waals surface area (Å²) in [6.45, 7) is 5.80. The highest BCUT2D eigenvalue weighted by atomic mass is 16.5. The highest BCUT2D eigenvalue weighted by Gasteiger charge is 2.19. The number of rotatable bonds is 7. The van der Waals surface area contributed by atoms with Crippen LogP contribution in [0.1, 0.15) is 31.7 Å². The van der Waals surface area contributed by atoms with Crippen molar-refractivity contribution in [3.05, 3.63) is 17.5 Å². The van der Waals surface area contributed by atoms with Gasteiger partial charge < -0.3 is 14.9 Å². The van der Waals surface area contributed by atoms with Crippen LogP contribution >= 0.6 is 0 Å². The second-order valence-electron chi connectivity index (χ2n) is 5.07. The molecule has 106 valence electrons. The average molecular weight is 268 g/mol. The quantitative estimate of drug-likeness (QED) is 0.779. The van der Waals surface area contributed by atoms with E-state index in [9.17, 15) is 9.59 Å². The minimum absolute atomic E-state index is 0.103. The van der Waals surface area contributed by atoms with Gasteiger partial charge >= 0.3 is 5.97 Å². The van der Waals surface area contributed by atoms with E-state index in [-0.39, 0.29) is 24.8 Å². The Morgan fingerprint density at radius 3 is 2.63 bits per heavy atom. The molecule has 1 aromatic heterocycles. The molecule has 1 rings (SSSR count). The largest absolute Gasteiger partial charge is 0.481 e. The molecule has 0 bridgehead atoms. The molecule has 0 spiro atoms. The fraction of sp³-hybridized carbons (Fsp3) is 0.615. The standard InChI is InChI=1S/C13H20N2O4/c1-8(2)4-10(13(17)18)7-14-12(16)6-11-5-9(3)19-15-11/h5,8,10H,4,6-7H2,1-3H3,(H,14,16)(H,17,18). The van der Waals surface area contributed by atoms with Gasteiger partial charge in [-0.1, -0.05) is 19.0 Å². The molecule has 1 unspecified atom stereocenters. The van der Waals surface area contributed by atoms with Crippen LogP contribution in [0.15, 0.2) is 10.6 Å². The number of carboxylic acids is 1. The summed E-state index contributed by atoms with van der Waals surface area (Å²) < 4.78 is 4.86. The molecule has 0 radical (unpaired) electrons. The van der Waals surface area contributed by atoms with Crippen molar-refractivity contribution in [3.8, 4) is 0 Å². The van der Waals surface area contributed by atoms with Crippen molar-refractivity contribution in [2.45, 2.75) is 33.6 Å². The van der Waals surface area contributed by atoms with E-state index in [2.05, 4.69) is 10.5 Å². The fourth-order valence-electron chi connectivity index (χ4n) is 1.81. The lowest BCUT2D eigenvalue weighted by atomic mass is 9.97. The van der Waals surface area contributed by atoms with Crippen LogP contribution in [-0.4, -0.2) is 28.7 Å². The molecule has 1 heterocycles. The third-order valence-electron chi connectivity index (χ3n) is 2.67. The highest BCUT2D eigenvalue weighted by Crippen LogP contribution is 2.11. The number of amides is 1. The molecule has 1 atom stereocenters. The van der Waals surface area contributed by atoms with Gasteiger partial charge in [0.15, 0.2) is 0 Å². The van der Waals surface area contributed by atoms with Crippen molar-refractivity contribution in [3.63, 3.8) is 0 Å². The van der Waals surface area contributed by atoms with Crippen LogP contribution in [0.3, 0.4) is 0 Å². The molecule has 0 aliphatic carbocycles. The maximum absolute atomic E-state index is 11.6. The van der Waals surface area contributed by atoms with Gasteiger partial charge in [-0.25, -0.2) is 0 Å². The summed E-state index contributed by atoms with van der Waals surface area (Å²) in [7, 11) is 0. The van der Waals surface area contributed by atoms with Crippen LogP contribution in [0.4, 0.5) is 0 Å². The van der Waals surface area contributed by atoms with Gasteiger partial charge in [-0.05, 0) is 19.3 Å². The number of aromatic nitrogens is 1. The Hall–Kier alpha value is -1.85. The smallest absolute Gasteiger partial charge is 0.308 e. The molecule has 1 amide bonds. The molecule has 0 aromatic carbocycles. The lowest BCUT2D eigenvalue weighted by Crippen LogP contribution is -2.34. The summed E-state index contributed by atoms with van der Waals surface area (Å²) in [5.74, 6) is -0.764. The van der Waals surface area contributed by atoms with E-state index in [1.54, 1.807) is 13.0 Å². The zero-order valence-corrected chi connectivity index (χ0v) is 11.5. The van der Waals surface area contributed by atoms with Gasteiger partial charge in [0, 0.05) is 12.6 Å². The van der Waals surface area contributed by atoms with Crippen molar-refractivity contribution in [1.82, 2.24) is 10.5 Å². The number of carboxylic acid groups (broad SMARTS) is 1. The molecule has 6 heteroatoms. The molecule has 0 fully saturated rings. The lowest BCUT2D eigenvalue weighted by molar-refractivity contribution is -0.142. The van der Waals surface area contributed by atoms with E-state index in [0.717, 1.165) is 0 Å². The summed E-state index contributed by atoms with van der Waals surface area (Å²) in [5.41, 5.74) is 0.547. The van der Waals surface area contributed by atoms with Gasteiger partial charge in [0.2, 0.25) is 5.91 Å². The predicted octanol–water partition coefficient (Wildman–Crippen LogP) is 1.39. The summed E-state index contributed by atoms with van der Waals surface area (Å²) in [6.07, 6.45) is 0.643. The number of aryl methyl sites for hydroxylation is 1. The fourth-order valence-corrected chi connectivity index (χ4v) is 1.81. The Morgan fingerprint density at radius 1 is 1.47 bits per heavy atom. The molecule has 0 saturated heterocycles. The number of hydrogen-bond donors (Lipinski definition) is 2. The molecule has 0 aliphatic heterocycles. The third-order valence-corrected chi connectivity index (χ3v) is 2.67. The van der Waals surface area contributed by atoms with Crippen LogP contribution in [0, 0.1) is 18.8 Å². The van der Waals surface area contributed by atoms with Gasteiger partial charge in [-0.3, -0.25) is 9.59 Å². The summed E-state index contributed by atoms with van der Waals surface area (Å²) in [6, 6.07) is 1.68. The zero-order valence-electron chi connectivity index (χ0n) is 11.5. The lowest BCUT2D eigenvalue weighted by Gasteiger charge is -2.15. The van der Waals surface area contributed by atoms with Crippen LogP contribution < -0.4 is 5.32 Å². The number of hydrogen-bond acceptors (Lipinski definition) is 4. The first-order valence-corrected chi connectivity index (χ1v) is 6.30. The number of nitrogens with zero attached hydrogens (tertiary/aromatic N) is 1. The van der Waals surface area contributed by atoms with Crippen molar-refractivity contribution < 1.29 is 19.2 Å². The minimum atomic E-state index is -0.883. The molecule has 0 aliphatic rings. The normalized spacial score (nSPS) is 12.4. The maximum Gasteiger partial charge on any atom is 0.308 e. The Labute approximate surface area is 112 Å². The van der Waals surface area contributed by atoms with E-state index in [4.69, 9.17) is 9.63 Å². The van der Waals surface area contributed by atoms with Crippen molar-refractivity contribution in [2.75, 3.05) is 6.54 Å². The van der Waals surface area contributed by atoms with Gasteiger partial charge in [0.05, 0.1) is 18.0 Å². The topological polar surface area (TPSA) is 92.4 Å². The Kier molecular flexibility index (Phi) is 5.54. The van der Waals surface area contributed by atoms with E-state index in [1.807, 2.05) is 13.8 Å². The second-order valence-corrected chi connectivity index (χ2v) is 5.07. The van der Waals surface area contributed by atoms with Crippen LogP contribution in [0.2, 0.25) is 0 Å². The van der Waals surface area contributed by atoms with E-state index in [0.29, 0.717) is 17.9 Å². The molecular weight excluding hydrogens is 248 g/mol. The Morgan fingerprint density at radius 2 is 2.16 bits per heavy atom. The van der Waals surface area contributed by atoms with Crippen molar-refractivity contribution in [1.29, 1.82) is 0 Å². The molecule has 2 N–H and O–H groups in total. The SMILES string of the molecule is Cc1cc(CC(=O)NCC(CC(C)C)C(=O)O)no1. The first-order valence-electron chi connectivity index (χ1n) is 6.30. The monoisotopic (exact) mass is 268 g/mol. The van der Waals surface area contributed by atoms with Crippen molar-refractivity contribution >= 4 is 11.9 Å². The number of carbonyl (C=O) groups is 2. The molecule has 6 nitrogen and oxygen atoms in total. The number of aliphatic carboxylic acids is 1. The predicted molar refractivity (Wildman–Crippen MR) is 68.5 cm³/mol. The highest BCUT2D eigenvalue weighted by molar-refractivity contribution is 5.79. The van der Waals surface area contributed by atoms with Gasteiger partial charge in [-0.2, -0.15) is 0 Å². The Balaban J connectivity index is 2.41. The number of nitrogens with one attached hydrogen (secondary N) is 1. The van der Waals surface area contributed by atoms with Gasteiger partial charge in [-0.15, -0.1) is 0 Å². The van der Waals surface area contributed by atoms with Crippen LogP contribution in [0.25, 0.3) is 0 Å². The van der Waals surface area contributed by atoms with Crippen LogP contribution in [0.5, 0.6) is 0 Å². The van der Waals surface area contributed by atoms with E-state index < -0.39 is 11.9 Å². The zero-order chi connectivity index (χ0) is 14.4. The van der Waals surface area contributed by atoms with Gasteiger partial charge in [0.25, 0.3) is 0 Å². The summed E-state index contributed by atoms with van der Waals surface area (Å²) in [4.78, 5) is 22.7. The average Bonchev–Trinajstić information content (AvgIpc) is 2.69. The minimum Gasteiger partial charge on any atom is -0.481 e.